The molecule has 0 amide bonds. The summed E-state index contributed by atoms with van der Waals surface area (Å²) in [7, 11) is 0. The third kappa shape index (κ3) is 4.31. The molecule has 0 unspecified atom stereocenters. The van der Waals surface area contributed by atoms with Crippen LogP contribution in [0.15, 0.2) is 67.8 Å². The van der Waals surface area contributed by atoms with Crippen LogP contribution in [0.4, 0.5) is 11.4 Å². The third-order valence-electron chi connectivity index (χ3n) is 2.95. The van der Waals surface area contributed by atoms with Crippen molar-refractivity contribution in [3.8, 4) is 17.2 Å². The first-order valence-electron chi connectivity index (χ1n) is 7.03. The van der Waals surface area contributed by atoms with E-state index in [1.54, 1.807) is 30.4 Å². The van der Waals surface area contributed by atoms with E-state index >= 15 is 0 Å². The minimum Gasteiger partial charge on any atom is -0.506 e. The van der Waals surface area contributed by atoms with E-state index < -0.39 is 0 Å². The summed E-state index contributed by atoms with van der Waals surface area (Å²) in [4.78, 5) is 0. The van der Waals surface area contributed by atoms with Crippen LogP contribution in [-0.4, -0.2) is 18.2 Å². The number of nitrogens with one attached hydrogen (secondary N) is 2. The molecular formula is C18H20N2O2. The smallest absolute Gasteiger partial charge is 0.142 e. The average molecular weight is 296 g/mol. The minimum absolute atomic E-state index is 0.142. The van der Waals surface area contributed by atoms with Gasteiger partial charge in [-0.2, -0.15) is 0 Å². The molecule has 0 aliphatic carbocycles. The molecule has 4 heteroatoms. The lowest BCUT2D eigenvalue weighted by Gasteiger charge is -2.10. The van der Waals surface area contributed by atoms with E-state index in [1.807, 2.05) is 24.3 Å². The SMILES string of the molecule is C=CCNc1ccc(Oc2ccc(NCC=C)c(O)c2)cc1. The molecule has 0 radical (unpaired) electrons. The number of hydrogen-bond donors (Lipinski definition) is 3. The Hall–Kier alpha value is -2.88. The van der Waals surface area contributed by atoms with E-state index in [2.05, 4.69) is 23.8 Å². The summed E-state index contributed by atoms with van der Waals surface area (Å²) >= 11 is 0. The first-order valence-corrected chi connectivity index (χ1v) is 7.03. The van der Waals surface area contributed by atoms with Gasteiger partial charge in [-0.05, 0) is 36.4 Å². The maximum absolute atomic E-state index is 9.94. The first-order chi connectivity index (χ1) is 10.7. The van der Waals surface area contributed by atoms with Crippen LogP contribution in [0.25, 0.3) is 0 Å². The predicted molar refractivity (Wildman–Crippen MR) is 92.0 cm³/mol. The van der Waals surface area contributed by atoms with Crippen molar-refractivity contribution in [2.45, 2.75) is 0 Å². The third-order valence-corrected chi connectivity index (χ3v) is 2.95. The van der Waals surface area contributed by atoms with Gasteiger partial charge in [-0.25, -0.2) is 0 Å². The molecule has 0 atom stereocenters. The lowest BCUT2D eigenvalue weighted by Crippen LogP contribution is -1.98. The van der Waals surface area contributed by atoms with Crippen molar-refractivity contribution < 1.29 is 9.84 Å². The van der Waals surface area contributed by atoms with Crippen molar-refractivity contribution >= 4 is 11.4 Å². The fourth-order valence-electron chi connectivity index (χ4n) is 1.87. The topological polar surface area (TPSA) is 53.5 Å². The molecule has 0 aliphatic rings. The quantitative estimate of drug-likeness (QED) is 0.500. The van der Waals surface area contributed by atoms with Crippen molar-refractivity contribution in [1.29, 1.82) is 0 Å². The Morgan fingerprint density at radius 2 is 1.55 bits per heavy atom. The number of phenolic OH excluding ortho intramolecular Hbond substituents is 1. The monoisotopic (exact) mass is 296 g/mol. The second-order valence-corrected chi connectivity index (χ2v) is 4.64. The minimum atomic E-state index is 0.142. The van der Waals surface area contributed by atoms with Gasteiger partial charge >= 0.3 is 0 Å². The summed E-state index contributed by atoms with van der Waals surface area (Å²) in [6, 6.07) is 12.7. The molecule has 2 aromatic rings. The zero-order valence-corrected chi connectivity index (χ0v) is 12.4. The lowest BCUT2D eigenvalue weighted by molar-refractivity contribution is 0.456. The molecular weight excluding hydrogens is 276 g/mol. The molecule has 0 saturated heterocycles. The Bertz CT molecular complexity index is 636. The van der Waals surface area contributed by atoms with Gasteiger partial charge in [-0.1, -0.05) is 12.2 Å². The van der Waals surface area contributed by atoms with Crippen molar-refractivity contribution in [2.75, 3.05) is 23.7 Å². The fraction of sp³-hybridized carbons (Fsp3) is 0.111. The maximum Gasteiger partial charge on any atom is 0.142 e. The number of anilines is 2. The zero-order chi connectivity index (χ0) is 15.8. The molecule has 2 aromatic carbocycles. The van der Waals surface area contributed by atoms with E-state index in [1.165, 1.54) is 0 Å². The Morgan fingerprint density at radius 1 is 0.909 bits per heavy atom. The van der Waals surface area contributed by atoms with Gasteiger partial charge in [0.05, 0.1) is 5.69 Å². The molecule has 0 aliphatic heterocycles. The highest BCUT2D eigenvalue weighted by atomic mass is 16.5. The molecule has 0 heterocycles. The summed E-state index contributed by atoms with van der Waals surface area (Å²) in [5, 5.41) is 16.2. The Morgan fingerprint density at radius 3 is 2.18 bits per heavy atom. The second-order valence-electron chi connectivity index (χ2n) is 4.64. The predicted octanol–water partition coefficient (Wildman–Crippen LogP) is 4.38. The second kappa shape index (κ2) is 7.78. The molecule has 0 aromatic heterocycles. The normalized spacial score (nSPS) is 9.82. The lowest BCUT2D eigenvalue weighted by atomic mass is 10.2. The van der Waals surface area contributed by atoms with Gasteiger partial charge in [0.2, 0.25) is 0 Å². The Labute approximate surface area is 130 Å². The zero-order valence-electron chi connectivity index (χ0n) is 12.4. The fourth-order valence-corrected chi connectivity index (χ4v) is 1.87. The number of hydrogen-bond acceptors (Lipinski definition) is 4. The number of ether oxygens (including phenoxy) is 1. The van der Waals surface area contributed by atoms with Crippen LogP contribution >= 0.6 is 0 Å². The van der Waals surface area contributed by atoms with Crippen molar-refractivity contribution in [3.05, 3.63) is 67.8 Å². The summed E-state index contributed by atoms with van der Waals surface area (Å²) < 4.78 is 5.72. The number of phenols is 1. The summed E-state index contributed by atoms with van der Waals surface area (Å²) in [5.74, 6) is 1.42. The van der Waals surface area contributed by atoms with Crippen molar-refractivity contribution in [1.82, 2.24) is 0 Å². The molecule has 114 valence electrons. The van der Waals surface area contributed by atoms with Crippen LogP contribution in [-0.2, 0) is 0 Å². The van der Waals surface area contributed by atoms with Crippen LogP contribution in [0, 0.1) is 0 Å². The molecule has 0 fully saturated rings. The van der Waals surface area contributed by atoms with Crippen LogP contribution in [0.5, 0.6) is 17.2 Å². The Balaban J connectivity index is 2.02. The van der Waals surface area contributed by atoms with Crippen LogP contribution in [0.3, 0.4) is 0 Å². The van der Waals surface area contributed by atoms with Gasteiger partial charge < -0.3 is 20.5 Å². The van der Waals surface area contributed by atoms with E-state index in [9.17, 15) is 5.11 Å². The van der Waals surface area contributed by atoms with Gasteiger partial charge in [0.25, 0.3) is 0 Å². The van der Waals surface area contributed by atoms with Crippen molar-refractivity contribution in [3.63, 3.8) is 0 Å². The number of rotatable bonds is 8. The highest BCUT2D eigenvalue weighted by Crippen LogP contribution is 2.31. The molecule has 22 heavy (non-hydrogen) atoms. The Kier molecular flexibility index (Phi) is 5.49. The van der Waals surface area contributed by atoms with Gasteiger partial charge in [-0.15, -0.1) is 13.2 Å². The van der Waals surface area contributed by atoms with Gasteiger partial charge in [-0.3, -0.25) is 0 Å². The molecule has 4 nitrogen and oxygen atoms in total. The highest BCUT2D eigenvalue weighted by molar-refractivity contribution is 5.59. The number of aromatic hydroxyl groups is 1. The van der Waals surface area contributed by atoms with E-state index in [4.69, 9.17) is 4.74 Å². The molecule has 0 spiro atoms. The van der Waals surface area contributed by atoms with Crippen molar-refractivity contribution in [2.24, 2.45) is 0 Å². The summed E-state index contributed by atoms with van der Waals surface area (Å²) in [5.41, 5.74) is 1.65. The van der Waals surface area contributed by atoms with Gasteiger partial charge in [0.1, 0.15) is 17.2 Å². The maximum atomic E-state index is 9.94. The van der Waals surface area contributed by atoms with Gasteiger partial charge in [0, 0.05) is 24.8 Å². The van der Waals surface area contributed by atoms with Gasteiger partial charge in [0.15, 0.2) is 0 Å². The number of benzene rings is 2. The first kappa shape index (κ1) is 15.5. The molecule has 0 saturated carbocycles. The molecule has 2 rings (SSSR count). The van der Waals surface area contributed by atoms with E-state index in [0.29, 0.717) is 30.3 Å². The standard InChI is InChI=1S/C18H20N2O2/c1-3-11-19-14-5-7-15(8-6-14)22-16-9-10-17(18(21)13-16)20-12-4-2/h3-10,13,19-21H,1-2,11-12H2. The van der Waals surface area contributed by atoms with E-state index in [-0.39, 0.29) is 5.75 Å². The van der Waals surface area contributed by atoms with Crippen LogP contribution in [0.1, 0.15) is 0 Å². The van der Waals surface area contributed by atoms with Crippen LogP contribution in [0.2, 0.25) is 0 Å². The largest absolute Gasteiger partial charge is 0.506 e. The molecule has 3 N–H and O–H groups in total. The summed E-state index contributed by atoms with van der Waals surface area (Å²) in [6.45, 7) is 8.59. The van der Waals surface area contributed by atoms with Crippen LogP contribution < -0.4 is 15.4 Å². The highest BCUT2D eigenvalue weighted by Gasteiger charge is 2.04. The van der Waals surface area contributed by atoms with E-state index in [0.717, 1.165) is 5.69 Å². The molecule has 0 bridgehead atoms. The summed E-state index contributed by atoms with van der Waals surface area (Å²) in [6.07, 6.45) is 3.53. The average Bonchev–Trinajstić information content (AvgIpc) is 2.53.